The Bertz CT molecular complexity index is 399. The number of rotatable bonds is 6. The SMILES string of the molecule is CCCOc1ccc(C(NN)C2SCCSC2C)cc1. The van der Waals surface area contributed by atoms with Crippen LogP contribution in [0.15, 0.2) is 24.3 Å². The first-order valence-electron chi connectivity index (χ1n) is 7.18. The smallest absolute Gasteiger partial charge is 0.119 e. The van der Waals surface area contributed by atoms with E-state index in [9.17, 15) is 0 Å². The molecule has 3 N–H and O–H groups in total. The Hall–Kier alpha value is -0.360. The normalized spacial score (nSPS) is 24.4. The highest BCUT2D eigenvalue weighted by atomic mass is 32.2. The van der Waals surface area contributed by atoms with Gasteiger partial charge < -0.3 is 4.74 Å². The van der Waals surface area contributed by atoms with E-state index in [2.05, 4.69) is 31.4 Å². The summed E-state index contributed by atoms with van der Waals surface area (Å²) in [4.78, 5) is 0. The van der Waals surface area contributed by atoms with E-state index < -0.39 is 0 Å². The number of nitrogens with one attached hydrogen (secondary N) is 1. The van der Waals surface area contributed by atoms with E-state index in [1.807, 2.05) is 35.7 Å². The molecule has 0 amide bonds. The maximum absolute atomic E-state index is 5.81. The second kappa shape index (κ2) is 8.17. The third kappa shape index (κ3) is 4.07. The highest BCUT2D eigenvalue weighted by Crippen LogP contribution is 2.38. The predicted molar refractivity (Wildman–Crippen MR) is 90.5 cm³/mol. The summed E-state index contributed by atoms with van der Waals surface area (Å²) < 4.78 is 5.63. The van der Waals surface area contributed by atoms with E-state index in [0.717, 1.165) is 18.8 Å². The Balaban J connectivity index is 2.06. The van der Waals surface area contributed by atoms with Crippen molar-refractivity contribution in [3.63, 3.8) is 0 Å². The fraction of sp³-hybridized carbons (Fsp3) is 0.600. The molecule has 5 heteroatoms. The van der Waals surface area contributed by atoms with Crippen LogP contribution >= 0.6 is 23.5 Å². The number of nitrogens with two attached hydrogens (primary N) is 1. The first-order chi connectivity index (χ1) is 9.76. The Kier molecular flexibility index (Phi) is 6.55. The van der Waals surface area contributed by atoms with E-state index in [-0.39, 0.29) is 6.04 Å². The van der Waals surface area contributed by atoms with Crippen LogP contribution in [0.2, 0.25) is 0 Å². The summed E-state index contributed by atoms with van der Waals surface area (Å²) in [5.74, 6) is 9.19. The third-order valence-electron chi connectivity index (χ3n) is 3.46. The summed E-state index contributed by atoms with van der Waals surface area (Å²) in [5, 5.41) is 1.13. The lowest BCUT2D eigenvalue weighted by atomic mass is 10.0. The van der Waals surface area contributed by atoms with Crippen molar-refractivity contribution in [3.8, 4) is 5.75 Å². The fourth-order valence-corrected chi connectivity index (χ4v) is 5.32. The van der Waals surface area contributed by atoms with Gasteiger partial charge in [0.2, 0.25) is 0 Å². The van der Waals surface area contributed by atoms with E-state index >= 15 is 0 Å². The van der Waals surface area contributed by atoms with Crippen molar-refractivity contribution in [2.45, 2.75) is 36.8 Å². The molecule has 1 saturated heterocycles. The van der Waals surface area contributed by atoms with Gasteiger partial charge in [0.05, 0.1) is 12.6 Å². The van der Waals surface area contributed by atoms with Gasteiger partial charge in [0, 0.05) is 22.0 Å². The number of hydrogen-bond donors (Lipinski definition) is 2. The van der Waals surface area contributed by atoms with Gasteiger partial charge in [0.25, 0.3) is 0 Å². The molecule has 2 rings (SSSR count). The second-order valence-electron chi connectivity index (χ2n) is 4.97. The average molecular weight is 313 g/mol. The summed E-state index contributed by atoms with van der Waals surface area (Å²) in [7, 11) is 0. The number of ether oxygens (including phenoxy) is 1. The Morgan fingerprint density at radius 1 is 1.30 bits per heavy atom. The van der Waals surface area contributed by atoms with Crippen LogP contribution < -0.4 is 16.0 Å². The largest absolute Gasteiger partial charge is 0.494 e. The molecule has 1 fully saturated rings. The number of benzene rings is 1. The van der Waals surface area contributed by atoms with Crippen molar-refractivity contribution >= 4 is 23.5 Å². The van der Waals surface area contributed by atoms with Crippen LogP contribution in [0, 0.1) is 0 Å². The maximum Gasteiger partial charge on any atom is 0.119 e. The predicted octanol–water partition coefficient (Wildman–Crippen LogP) is 3.22. The van der Waals surface area contributed by atoms with Gasteiger partial charge in [0.15, 0.2) is 0 Å². The van der Waals surface area contributed by atoms with Crippen LogP contribution in [0.1, 0.15) is 31.9 Å². The van der Waals surface area contributed by atoms with Crippen LogP contribution in [-0.2, 0) is 0 Å². The average Bonchev–Trinajstić information content (AvgIpc) is 2.49. The highest BCUT2D eigenvalue weighted by Gasteiger charge is 2.30. The molecule has 0 bridgehead atoms. The van der Waals surface area contributed by atoms with E-state index in [4.69, 9.17) is 10.6 Å². The van der Waals surface area contributed by atoms with Gasteiger partial charge in [0.1, 0.15) is 5.75 Å². The van der Waals surface area contributed by atoms with Crippen molar-refractivity contribution in [2.24, 2.45) is 5.84 Å². The molecular formula is C15H24N2OS2. The van der Waals surface area contributed by atoms with Gasteiger partial charge in [-0.1, -0.05) is 26.0 Å². The minimum atomic E-state index is 0.197. The Morgan fingerprint density at radius 3 is 2.60 bits per heavy atom. The summed E-state index contributed by atoms with van der Waals surface area (Å²) in [6, 6.07) is 8.54. The summed E-state index contributed by atoms with van der Waals surface area (Å²) in [6.07, 6.45) is 1.03. The molecule has 3 nitrogen and oxygen atoms in total. The zero-order valence-corrected chi connectivity index (χ0v) is 13.8. The van der Waals surface area contributed by atoms with Gasteiger partial charge in [-0.3, -0.25) is 11.3 Å². The molecule has 1 aliphatic heterocycles. The maximum atomic E-state index is 5.81. The molecule has 0 radical (unpaired) electrons. The van der Waals surface area contributed by atoms with Crippen molar-refractivity contribution < 1.29 is 4.74 Å². The lowest BCUT2D eigenvalue weighted by Gasteiger charge is -2.34. The number of hydrazine groups is 1. The monoisotopic (exact) mass is 312 g/mol. The minimum absolute atomic E-state index is 0.197. The van der Waals surface area contributed by atoms with Crippen LogP contribution in [0.4, 0.5) is 0 Å². The van der Waals surface area contributed by atoms with Gasteiger partial charge in [-0.25, -0.2) is 0 Å². The van der Waals surface area contributed by atoms with Gasteiger partial charge in [-0.2, -0.15) is 23.5 Å². The molecule has 1 heterocycles. The number of thioether (sulfide) groups is 2. The summed E-state index contributed by atoms with van der Waals surface area (Å²) in [5.41, 5.74) is 4.25. The molecule has 0 aromatic heterocycles. The van der Waals surface area contributed by atoms with E-state index in [1.165, 1.54) is 17.1 Å². The molecule has 0 saturated carbocycles. The molecule has 0 aliphatic carbocycles. The quantitative estimate of drug-likeness (QED) is 0.624. The van der Waals surface area contributed by atoms with Crippen molar-refractivity contribution in [1.29, 1.82) is 0 Å². The van der Waals surface area contributed by atoms with E-state index in [1.54, 1.807) is 0 Å². The van der Waals surface area contributed by atoms with Crippen LogP contribution in [0.5, 0.6) is 5.75 Å². The first-order valence-corrected chi connectivity index (χ1v) is 9.28. The molecule has 3 unspecified atom stereocenters. The summed E-state index contributed by atoms with van der Waals surface area (Å²) >= 11 is 4.06. The van der Waals surface area contributed by atoms with Crippen LogP contribution in [0.3, 0.4) is 0 Å². The lowest BCUT2D eigenvalue weighted by molar-refractivity contribution is 0.317. The van der Waals surface area contributed by atoms with Gasteiger partial charge in [-0.15, -0.1) is 0 Å². The molecule has 1 aliphatic rings. The Labute approximate surface area is 130 Å². The molecule has 1 aromatic rings. The van der Waals surface area contributed by atoms with Crippen molar-refractivity contribution in [1.82, 2.24) is 5.43 Å². The molecular weight excluding hydrogens is 288 g/mol. The first kappa shape index (κ1) is 16.0. The van der Waals surface area contributed by atoms with Crippen LogP contribution in [-0.4, -0.2) is 28.6 Å². The highest BCUT2D eigenvalue weighted by molar-refractivity contribution is 8.07. The van der Waals surface area contributed by atoms with Gasteiger partial charge >= 0.3 is 0 Å². The number of hydrogen-bond acceptors (Lipinski definition) is 5. The lowest BCUT2D eigenvalue weighted by Crippen LogP contribution is -2.40. The zero-order chi connectivity index (χ0) is 14.4. The third-order valence-corrected chi connectivity index (χ3v) is 6.65. The summed E-state index contributed by atoms with van der Waals surface area (Å²) in [6.45, 7) is 5.18. The molecule has 20 heavy (non-hydrogen) atoms. The standard InChI is InChI=1S/C15H24N2OS2/c1-3-8-18-13-6-4-12(5-7-13)14(17-16)15-11(2)19-9-10-20-15/h4-7,11,14-15,17H,3,8-10,16H2,1-2H3. The topological polar surface area (TPSA) is 47.3 Å². The Morgan fingerprint density at radius 2 is 2.00 bits per heavy atom. The van der Waals surface area contributed by atoms with Crippen LogP contribution in [0.25, 0.3) is 0 Å². The van der Waals surface area contributed by atoms with Crippen molar-refractivity contribution in [2.75, 3.05) is 18.1 Å². The molecule has 0 spiro atoms. The second-order valence-corrected chi connectivity index (χ2v) is 7.74. The molecule has 112 valence electrons. The van der Waals surface area contributed by atoms with Crippen molar-refractivity contribution in [3.05, 3.63) is 29.8 Å². The minimum Gasteiger partial charge on any atom is -0.494 e. The van der Waals surface area contributed by atoms with E-state index in [0.29, 0.717) is 10.5 Å². The molecule has 3 atom stereocenters. The van der Waals surface area contributed by atoms with Gasteiger partial charge in [-0.05, 0) is 24.1 Å². The molecule has 1 aromatic carbocycles. The zero-order valence-electron chi connectivity index (χ0n) is 12.2. The fourth-order valence-electron chi connectivity index (χ4n) is 2.39.